The van der Waals surface area contributed by atoms with Crippen LogP contribution in [0.4, 0.5) is 0 Å². The molecule has 1 heterocycles. The average Bonchev–Trinajstić information content (AvgIpc) is 3.26. The molecule has 1 saturated heterocycles. The molecule has 0 spiro atoms. The van der Waals surface area contributed by atoms with Crippen molar-refractivity contribution in [2.24, 2.45) is 11.7 Å². The summed E-state index contributed by atoms with van der Waals surface area (Å²) in [5.74, 6) is -1.74. The Bertz CT molecular complexity index is 781. The van der Waals surface area contributed by atoms with Crippen LogP contribution in [0.25, 0.3) is 0 Å². The van der Waals surface area contributed by atoms with Crippen LogP contribution in [0.5, 0.6) is 0 Å². The molecule has 1 saturated carbocycles. The number of ether oxygens (including phenoxy) is 1. The van der Waals surface area contributed by atoms with Crippen molar-refractivity contribution < 1.29 is 24.2 Å². The summed E-state index contributed by atoms with van der Waals surface area (Å²) in [6, 6.07) is 7.30. The number of rotatable bonds is 9. The maximum atomic E-state index is 13.4. The highest BCUT2D eigenvalue weighted by Gasteiger charge is 2.64. The molecular weight excluding hydrogens is 384 g/mol. The number of fused-ring (bicyclic) bond motifs is 1. The van der Waals surface area contributed by atoms with Crippen LogP contribution in [0.2, 0.25) is 0 Å². The zero-order valence-electron chi connectivity index (χ0n) is 17.8. The minimum Gasteiger partial charge on any atom is -0.480 e. The Morgan fingerprint density at radius 2 is 2.00 bits per heavy atom. The average molecular weight is 417 g/mol. The van der Waals surface area contributed by atoms with Gasteiger partial charge in [-0.25, -0.2) is 0 Å². The number of nitrogens with zero attached hydrogens (tertiary/aromatic N) is 1. The number of carbonyl (C=O) groups excluding carboxylic acids is 2. The standard InChI is InChI=1S/C23H32N2O5/c1-3-30-22(29)18(12-11-16-8-5-4-6-9-16)25-19(21(27)28)14-17-10-7-13-23(17,25)20(26)15(2)24/h4-6,8-9,15,17-19H,3,7,10-14,24H2,1-2H3,(H,27,28)/t15-,17-,18?,19-,23-/m0/s1. The van der Waals surface area contributed by atoms with Gasteiger partial charge in [0.05, 0.1) is 18.2 Å². The number of aliphatic carboxylic acids is 1. The lowest BCUT2D eigenvalue weighted by molar-refractivity contribution is -0.159. The van der Waals surface area contributed by atoms with Crippen LogP contribution in [-0.4, -0.2) is 58.0 Å². The smallest absolute Gasteiger partial charge is 0.323 e. The van der Waals surface area contributed by atoms with Gasteiger partial charge in [-0.2, -0.15) is 0 Å². The molecule has 3 N–H and O–H groups in total. The Morgan fingerprint density at radius 1 is 1.30 bits per heavy atom. The van der Waals surface area contributed by atoms with Crippen LogP contribution in [0.1, 0.15) is 51.5 Å². The highest BCUT2D eigenvalue weighted by atomic mass is 16.5. The molecule has 0 aromatic heterocycles. The fraction of sp³-hybridized carbons (Fsp3) is 0.609. The van der Waals surface area contributed by atoms with Gasteiger partial charge in [-0.3, -0.25) is 19.3 Å². The lowest BCUT2D eigenvalue weighted by Gasteiger charge is -2.43. The Hall–Kier alpha value is -2.25. The molecule has 2 aliphatic rings. The summed E-state index contributed by atoms with van der Waals surface area (Å²) in [7, 11) is 0. The monoisotopic (exact) mass is 416 g/mol. The summed E-state index contributed by atoms with van der Waals surface area (Å²) in [5.41, 5.74) is 6.05. The number of hydrogen-bond donors (Lipinski definition) is 2. The van der Waals surface area contributed by atoms with Gasteiger partial charge in [0.1, 0.15) is 12.1 Å². The minimum absolute atomic E-state index is 0.106. The number of hydrogen-bond acceptors (Lipinski definition) is 6. The van der Waals surface area contributed by atoms with Gasteiger partial charge in [0.15, 0.2) is 5.78 Å². The molecule has 30 heavy (non-hydrogen) atoms. The topological polar surface area (TPSA) is 110 Å². The van der Waals surface area contributed by atoms with E-state index in [4.69, 9.17) is 10.5 Å². The van der Waals surface area contributed by atoms with Crippen LogP contribution in [0.3, 0.4) is 0 Å². The first-order chi connectivity index (χ1) is 14.3. The van der Waals surface area contributed by atoms with Gasteiger partial charge in [-0.1, -0.05) is 36.8 Å². The van der Waals surface area contributed by atoms with E-state index in [0.717, 1.165) is 18.4 Å². The highest BCUT2D eigenvalue weighted by Crippen LogP contribution is 2.52. The van der Waals surface area contributed by atoms with Crippen molar-refractivity contribution in [3.05, 3.63) is 35.9 Å². The Balaban J connectivity index is 2.02. The van der Waals surface area contributed by atoms with E-state index in [1.807, 2.05) is 30.3 Å². The van der Waals surface area contributed by atoms with Gasteiger partial charge in [0, 0.05) is 0 Å². The van der Waals surface area contributed by atoms with Crippen molar-refractivity contribution in [1.29, 1.82) is 0 Å². The molecule has 1 aliphatic carbocycles. The van der Waals surface area contributed by atoms with Crippen molar-refractivity contribution in [1.82, 2.24) is 4.90 Å². The predicted octanol–water partition coefficient (Wildman–Crippen LogP) is 2.17. The summed E-state index contributed by atoms with van der Waals surface area (Å²) in [6.45, 7) is 3.57. The lowest BCUT2D eigenvalue weighted by Crippen LogP contribution is -2.64. The molecule has 1 unspecified atom stereocenters. The molecule has 7 nitrogen and oxygen atoms in total. The fourth-order valence-corrected chi connectivity index (χ4v) is 5.49. The largest absolute Gasteiger partial charge is 0.480 e. The first-order valence-corrected chi connectivity index (χ1v) is 10.8. The van der Waals surface area contributed by atoms with Gasteiger partial charge < -0.3 is 15.6 Å². The minimum atomic E-state index is -1.01. The number of benzene rings is 1. The second-order valence-electron chi connectivity index (χ2n) is 8.46. The number of esters is 1. The molecule has 0 amide bonds. The molecular formula is C23H32N2O5. The second-order valence-corrected chi connectivity index (χ2v) is 8.46. The van der Waals surface area contributed by atoms with Crippen LogP contribution < -0.4 is 5.73 Å². The molecule has 1 aliphatic heterocycles. The Labute approximate surface area is 177 Å². The summed E-state index contributed by atoms with van der Waals surface area (Å²) < 4.78 is 5.35. The summed E-state index contributed by atoms with van der Waals surface area (Å²) in [5, 5.41) is 9.98. The third-order valence-electron chi connectivity index (χ3n) is 6.66. The molecule has 0 radical (unpaired) electrons. The quantitative estimate of drug-likeness (QED) is 0.594. The Morgan fingerprint density at radius 3 is 2.60 bits per heavy atom. The Kier molecular flexibility index (Phi) is 6.93. The van der Waals surface area contributed by atoms with Gasteiger partial charge in [0.2, 0.25) is 0 Å². The number of carboxylic acids is 1. The van der Waals surface area contributed by atoms with Crippen molar-refractivity contribution in [2.75, 3.05) is 6.61 Å². The third-order valence-corrected chi connectivity index (χ3v) is 6.66. The fourth-order valence-electron chi connectivity index (χ4n) is 5.49. The normalized spacial score (nSPS) is 28.0. The van der Waals surface area contributed by atoms with E-state index in [-0.39, 0.29) is 18.3 Å². The molecule has 0 bridgehead atoms. The SMILES string of the molecule is CCOC(=O)C(CCc1ccccc1)N1[C@H](C(=O)O)C[C@@H]2CCC[C@@]21C(=O)[C@H](C)N. The van der Waals surface area contributed by atoms with E-state index in [9.17, 15) is 19.5 Å². The molecule has 164 valence electrons. The third kappa shape index (κ3) is 4.01. The molecule has 1 aromatic carbocycles. The van der Waals surface area contributed by atoms with Gasteiger partial charge in [-0.15, -0.1) is 0 Å². The molecule has 7 heteroatoms. The first-order valence-electron chi connectivity index (χ1n) is 10.8. The molecule has 2 fully saturated rings. The van der Waals surface area contributed by atoms with Crippen molar-refractivity contribution in [2.45, 2.75) is 76.0 Å². The van der Waals surface area contributed by atoms with Crippen molar-refractivity contribution in [3.63, 3.8) is 0 Å². The first kappa shape index (κ1) is 22.4. The van der Waals surface area contributed by atoms with Gasteiger partial charge >= 0.3 is 11.9 Å². The molecule has 5 atom stereocenters. The lowest BCUT2D eigenvalue weighted by atomic mass is 9.80. The van der Waals surface area contributed by atoms with Crippen LogP contribution in [0, 0.1) is 5.92 Å². The van der Waals surface area contributed by atoms with Crippen molar-refractivity contribution in [3.8, 4) is 0 Å². The zero-order chi connectivity index (χ0) is 21.9. The number of aryl methyl sites for hydroxylation is 1. The maximum absolute atomic E-state index is 13.4. The highest BCUT2D eigenvalue weighted by molar-refractivity contribution is 5.95. The van der Waals surface area contributed by atoms with Crippen LogP contribution >= 0.6 is 0 Å². The predicted molar refractivity (Wildman–Crippen MR) is 112 cm³/mol. The van der Waals surface area contributed by atoms with E-state index < -0.39 is 35.6 Å². The number of carbonyl (C=O) groups is 3. The van der Waals surface area contributed by atoms with E-state index >= 15 is 0 Å². The molecule has 3 rings (SSSR count). The summed E-state index contributed by atoms with van der Waals surface area (Å²) in [6.07, 6.45) is 3.44. The number of likely N-dealkylation sites (tertiary alicyclic amines) is 1. The second kappa shape index (κ2) is 9.27. The summed E-state index contributed by atoms with van der Waals surface area (Å²) >= 11 is 0. The van der Waals surface area contributed by atoms with E-state index in [1.54, 1.807) is 18.7 Å². The van der Waals surface area contributed by atoms with Crippen LogP contribution in [-0.2, 0) is 25.5 Å². The number of nitrogens with two attached hydrogens (primary N) is 1. The zero-order valence-corrected chi connectivity index (χ0v) is 17.8. The number of Topliss-reactive ketones (excluding diaryl/α,β-unsaturated/α-hetero) is 1. The van der Waals surface area contributed by atoms with Crippen LogP contribution in [0.15, 0.2) is 30.3 Å². The van der Waals surface area contributed by atoms with E-state index in [1.165, 1.54) is 0 Å². The summed E-state index contributed by atoms with van der Waals surface area (Å²) in [4.78, 5) is 40.3. The van der Waals surface area contributed by atoms with Gasteiger partial charge in [0.25, 0.3) is 0 Å². The number of carboxylic acid groups (broad SMARTS) is 1. The van der Waals surface area contributed by atoms with Gasteiger partial charge in [-0.05, 0) is 57.4 Å². The number of ketones is 1. The van der Waals surface area contributed by atoms with E-state index in [0.29, 0.717) is 25.7 Å². The molecule has 1 aromatic rings. The van der Waals surface area contributed by atoms with Crippen molar-refractivity contribution >= 4 is 17.7 Å². The van der Waals surface area contributed by atoms with E-state index in [2.05, 4.69) is 0 Å². The maximum Gasteiger partial charge on any atom is 0.323 e.